The van der Waals surface area contributed by atoms with E-state index < -0.39 is 0 Å². The van der Waals surface area contributed by atoms with E-state index in [0.717, 1.165) is 29.8 Å². The summed E-state index contributed by atoms with van der Waals surface area (Å²) in [6.45, 7) is 4.59. The molecule has 2 aromatic rings. The highest BCUT2D eigenvalue weighted by Crippen LogP contribution is 2.17. The fourth-order valence-corrected chi connectivity index (χ4v) is 2.03. The van der Waals surface area contributed by atoms with Gasteiger partial charge in [0.2, 0.25) is 0 Å². The number of aromatic nitrogens is 3. The Labute approximate surface area is 112 Å². The van der Waals surface area contributed by atoms with E-state index in [2.05, 4.69) is 21.5 Å². The van der Waals surface area contributed by atoms with Crippen LogP contribution in [0.25, 0.3) is 0 Å². The summed E-state index contributed by atoms with van der Waals surface area (Å²) in [5.74, 6) is 0.670. The Hall–Kier alpha value is -2.35. The molecule has 5 nitrogen and oxygen atoms in total. The van der Waals surface area contributed by atoms with Gasteiger partial charge in [0.05, 0.1) is 11.8 Å². The minimum atomic E-state index is 0.622. The third-order valence-corrected chi connectivity index (χ3v) is 2.92. The minimum Gasteiger partial charge on any atom is -0.369 e. The monoisotopic (exact) mass is 255 g/mol. The van der Waals surface area contributed by atoms with Gasteiger partial charge >= 0.3 is 0 Å². The topological polar surface area (TPSA) is 66.5 Å². The summed E-state index contributed by atoms with van der Waals surface area (Å²) >= 11 is 0. The molecule has 0 fully saturated rings. The lowest BCUT2D eigenvalue weighted by Crippen LogP contribution is -2.09. The molecule has 0 unspecified atom stereocenters. The molecular weight excluding hydrogens is 238 g/mol. The van der Waals surface area contributed by atoms with E-state index in [-0.39, 0.29) is 0 Å². The van der Waals surface area contributed by atoms with E-state index in [1.165, 1.54) is 0 Å². The molecule has 98 valence electrons. The van der Waals surface area contributed by atoms with Crippen molar-refractivity contribution in [3.05, 3.63) is 40.8 Å². The van der Waals surface area contributed by atoms with Crippen LogP contribution in [0.3, 0.4) is 0 Å². The van der Waals surface area contributed by atoms with Gasteiger partial charge in [-0.05, 0) is 37.5 Å². The quantitative estimate of drug-likeness (QED) is 0.907. The highest BCUT2D eigenvalue weighted by atomic mass is 15.2. The standard InChI is InChI=1S/C14H17N5/c1-10-6-11(2)18-14(13(10)7-15)16-5-4-12-8-17-19(3)9-12/h6,8-9H,4-5H2,1-3H3,(H,16,18). The van der Waals surface area contributed by atoms with Gasteiger partial charge in [0.1, 0.15) is 11.9 Å². The Kier molecular flexibility index (Phi) is 3.81. The third kappa shape index (κ3) is 3.10. The summed E-state index contributed by atoms with van der Waals surface area (Å²) < 4.78 is 1.78. The van der Waals surface area contributed by atoms with E-state index in [1.807, 2.05) is 39.4 Å². The second kappa shape index (κ2) is 5.53. The molecule has 0 saturated heterocycles. The summed E-state index contributed by atoms with van der Waals surface area (Å²) in [4.78, 5) is 4.39. The Bertz CT molecular complexity index is 621. The van der Waals surface area contributed by atoms with Crippen molar-refractivity contribution in [2.45, 2.75) is 20.3 Å². The smallest absolute Gasteiger partial charge is 0.144 e. The van der Waals surface area contributed by atoms with Crippen LogP contribution in [0, 0.1) is 25.2 Å². The number of nitriles is 1. The molecule has 0 aromatic carbocycles. The lowest BCUT2D eigenvalue weighted by atomic mass is 10.1. The number of hydrogen-bond acceptors (Lipinski definition) is 4. The van der Waals surface area contributed by atoms with E-state index in [4.69, 9.17) is 5.26 Å². The van der Waals surface area contributed by atoms with Crippen molar-refractivity contribution in [2.24, 2.45) is 7.05 Å². The van der Waals surface area contributed by atoms with Gasteiger partial charge in [-0.25, -0.2) is 4.98 Å². The molecule has 19 heavy (non-hydrogen) atoms. The molecule has 2 rings (SSSR count). The molecule has 2 heterocycles. The van der Waals surface area contributed by atoms with Crippen molar-refractivity contribution >= 4 is 5.82 Å². The summed E-state index contributed by atoms with van der Waals surface area (Å²) in [5.41, 5.74) is 3.66. The number of nitrogens with zero attached hydrogens (tertiary/aromatic N) is 4. The van der Waals surface area contributed by atoms with Crippen molar-refractivity contribution < 1.29 is 0 Å². The number of nitrogens with one attached hydrogen (secondary N) is 1. The molecule has 0 spiro atoms. The van der Waals surface area contributed by atoms with E-state index in [0.29, 0.717) is 11.4 Å². The lowest BCUT2D eigenvalue weighted by molar-refractivity contribution is 0.767. The van der Waals surface area contributed by atoms with Crippen molar-refractivity contribution in [1.82, 2.24) is 14.8 Å². The van der Waals surface area contributed by atoms with Crippen LogP contribution in [0.5, 0.6) is 0 Å². The summed E-state index contributed by atoms with van der Waals surface area (Å²) in [5, 5.41) is 16.5. The predicted octanol–water partition coefficient (Wildman–Crippen LogP) is 1.96. The Balaban J connectivity index is 2.05. The van der Waals surface area contributed by atoms with Gasteiger partial charge in [0, 0.05) is 25.5 Å². The fourth-order valence-electron chi connectivity index (χ4n) is 2.03. The Morgan fingerprint density at radius 3 is 2.84 bits per heavy atom. The molecular formula is C14H17N5. The summed E-state index contributed by atoms with van der Waals surface area (Å²) in [6.07, 6.45) is 4.69. The van der Waals surface area contributed by atoms with Crippen molar-refractivity contribution in [3.8, 4) is 6.07 Å². The highest BCUT2D eigenvalue weighted by molar-refractivity contribution is 5.56. The van der Waals surface area contributed by atoms with Crippen LogP contribution in [0.4, 0.5) is 5.82 Å². The number of aryl methyl sites for hydroxylation is 3. The average molecular weight is 255 g/mol. The fraction of sp³-hybridized carbons (Fsp3) is 0.357. The van der Waals surface area contributed by atoms with Gasteiger partial charge in [-0.2, -0.15) is 10.4 Å². The van der Waals surface area contributed by atoms with Crippen LogP contribution < -0.4 is 5.32 Å². The van der Waals surface area contributed by atoms with E-state index in [1.54, 1.807) is 4.68 Å². The molecule has 0 radical (unpaired) electrons. The lowest BCUT2D eigenvalue weighted by Gasteiger charge is -2.09. The molecule has 0 aliphatic rings. The van der Waals surface area contributed by atoms with E-state index >= 15 is 0 Å². The molecule has 0 aliphatic carbocycles. The average Bonchev–Trinajstić information content (AvgIpc) is 2.74. The molecule has 0 bridgehead atoms. The predicted molar refractivity (Wildman–Crippen MR) is 73.8 cm³/mol. The SMILES string of the molecule is Cc1cc(C)c(C#N)c(NCCc2cnn(C)c2)n1. The van der Waals surface area contributed by atoms with Crippen LogP contribution in [0.2, 0.25) is 0 Å². The maximum absolute atomic E-state index is 9.17. The van der Waals surface area contributed by atoms with Gasteiger partial charge in [-0.3, -0.25) is 4.68 Å². The maximum Gasteiger partial charge on any atom is 0.144 e. The zero-order chi connectivity index (χ0) is 13.8. The molecule has 0 atom stereocenters. The number of pyridine rings is 1. The second-order valence-electron chi connectivity index (χ2n) is 4.61. The highest BCUT2D eigenvalue weighted by Gasteiger charge is 2.07. The Morgan fingerprint density at radius 2 is 2.21 bits per heavy atom. The van der Waals surface area contributed by atoms with Crippen molar-refractivity contribution in [2.75, 3.05) is 11.9 Å². The molecule has 0 aliphatic heterocycles. The summed E-state index contributed by atoms with van der Waals surface area (Å²) in [7, 11) is 1.90. The first-order valence-electron chi connectivity index (χ1n) is 6.20. The van der Waals surface area contributed by atoms with Gasteiger partial charge in [-0.1, -0.05) is 0 Å². The first-order chi connectivity index (χ1) is 9.10. The molecule has 5 heteroatoms. The van der Waals surface area contributed by atoms with Crippen molar-refractivity contribution in [3.63, 3.8) is 0 Å². The number of rotatable bonds is 4. The Morgan fingerprint density at radius 1 is 1.42 bits per heavy atom. The normalized spacial score (nSPS) is 10.2. The van der Waals surface area contributed by atoms with Crippen LogP contribution in [0.15, 0.2) is 18.5 Å². The number of anilines is 1. The molecule has 2 aromatic heterocycles. The molecule has 1 N–H and O–H groups in total. The second-order valence-corrected chi connectivity index (χ2v) is 4.61. The largest absolute Gasteiger partial charge is 0.369 e. The van der Waals surface area contributed by atoms with Gasteiger partial charge in [0.15, 0.2) is 0 Å². The van der Waals surface area contributed by atoms with Gasteiger partial charge < -0.3 is 5.32 Å². The van der Waals surface area contributed by atoms with E-state index in [9.17, 15) is 0 Å². The molecule has 0 saturated carbocycles. The van der Waals surface area contributed by atoms with Gasteiger partial charge in [0.25, 0.3) is 0 Å². The van der Waals surface area contributed by atoms with Crippen LogP contribution in [-0.2, 0) is 13.5 Å². The first kappa shape index (κ1) is 13.1. The molecule has 0 amide bonds. The third-order valence-electron chi connectivity index (χ3n) is 2.92. The first-order valence-corrected chi connectivity index (χ1v) is 6.20. The summed E-state index contributed by atoms with van der Waals surface area (Å²) in [6, 6.07) is 4.12. The zero-order valence-corrected chi connectivity index (χ0v) is 11.4. The van der Waals surface area contributed by atoms with Crippen LogP contribution in [-0.4, -0.2) is 21.3 Å². The number of hydrogen-bond donors (Lipinski definition) is 1. The van der Waals surface area contributed by atoms with Gasteiger partial charge in [-0.15, -0.1) is 0 Å². The van der Waals surface area contributed by atoms with Crippen LogP contribution in [0.1, 0.15) is 22.4 Å². The maximum atomic E-state index is 9.17. The minimum absolute atomic E-state index is 0.622. The van der Waals surface area contributed by atoms with Crippen molar-refractivity contribution in [1.29, 1.82) is 5.26 Å². The van der Waals surface area contributed by atoms with Crippen LogP contribution >= 0.6 is 0 Å². The zero-order valence-electron chi connectivity index (χ0n) is 11.4.